The summed E-state index contributed by atoms with van der Waals surface area (Å²) in [5, 5.41) is 1.03. The lowest BCUT2D eigenvalue weighted by Gasteiger charge is -2.30. The van der Waals surface area contributed by atoms with E-state index in [-0.39, 0.29) is 0 Å². The first-order chi connectivity index (χ1) is 7.79. The highest BCUT2D eigenvalue weighted by Gasteiger charge is 2.23. The second kappa shape index (κ2) is 5.91. The summed E-state index contributed by atoms with van der Waals surface area (Å²) >= 11 is 6.00. The summed E-state index contributed by atoms with van der Waals surface area (Å²) in [4.78, 5) is 0. The van der Waals surface area contributed by atoms with E-state index in [9.17, 15) is 0 Å². The van der Waals surface area contributed by atoms with Gasteiger partial charge in [0.2, 0.25) is 0 Å². The Morgan fingerprint density at radius 2 is 1.88 bits per heavy atom. The van der Waals surface area contributed by atoms with E-state index >= 15 is 0 Å². The molecule has 0 amide bonds. The molecule has 1 heteroatoms. The highest BCUT2D eigenvalue weighted by atomic mass is 35.5. The van der Waals surface area contributed by atoms with Gasteiger partial charge >= 0.3 is 0 Å². The van der Waals surface area contributed by atoms with Crippen LogP contribution in [-0.4, -0.2) is 0 Å². The zero-order valence-electron chi connectivity index (χ0n) is 10.3. The van der Waals surface area contributed by atoms with Gasteiger partial charge in [0.1, 0.15) is 0 Å². The second-order valence-electron chi connectivity index (χ2n) is 5.36. The van der Waals surface area contributed by atoms with Crippen molar-refractivity contribution < 1.29 is 0 Å². The fourth-order valence-corrected chi connectivity index (χ4v) is 3.36. The Morgan fingerprint density at radius 3 is 2.44 bits per heavy atom. The van der Waals surface area contributed by atoms with Crippen LogP contribution in [0.2, 0.25) is 0 Å². The molecule has 2 rings (SSSR count). The minimum absolute atomic E-state index is 0.870. The summed E-state index contributed by atoms with van der Waals surface area (Å²) in [5.41, 5.74) is 1.67. The number of halogens is 1. The van der Waals surface area contributed by atoms with E-state index in [1.807, 2.05) is 0 Å². The van der Waals surface area contributed by atoms with Crippen molar-refractivity contribution in [3.63, 3.8) is 0 Å². The molecule has 0 bridgehead atoms. The zero-order valence-corrected chi connectivity index (χ0v) is 11.1. The fourth-order valence-electron chi connectivity index (χ4n) is 3.20. The summed E-state index contributed by atoms with van der Waals surface area (Å²) < 4.78 is 0. The summed E-state index contributed by atoms with van der Waals surface area (Å²) in [6.45, 7) is 2.31. The van der Waals surface area contributed by atoms with Gasteiger partial charge in [-0.3, -0.25) is 0 Å². The fraction of sp³-hybridized carbons (Fsp3) is 0.733. The predicted molar refractivity (Wildman–Crippen MR) is 71.6 cm³/mol. The molecule has 90 valence electrons. The van der Waals surface area contributed by atoms with Crippen molar-refractivity contribution in [2.75, 3.05) is 0 Å². The van der Waals surface area contributed by atoms with Gasteiger partial charge < -0.3 is 0 Å². The third kappa shape index (κ3) is 3.13. The van der Waals surface area contributed by atoms with E-state index in [4.69, 9.17) is 11.6 Å². The number of allylic oxidation sites excluding steroid dienone is 4. The molecule has 1 fully saturated rings. The molecular weight excluding hydrogens is 216 g/mol. The van der Waals surface area contributed by atoms with Crippen LogP contribution in [0.25, 0.3) is 0 Å². The molecule has 2 aliphatic rings. The summed E-state index contributed by atoms with van der Waals surface area (Å²) in [6, 6.07) is 0. The van der Waals surface area contributed by atoms with E-state index in [1.165, 1.54) is 44.9 Å². The first kappa shape index (κ1) is 12.2. The van der Waals surface area contributed by atoms with Gasteiger partial charge in [-0.05, 0) is 56.4 Å². The standard InChI is InChI=1S/C15H23Cl/c1-2-3-12-4-6-13(7-5-12)14-8-10-15(16)11-9-14/h8,10,12-13H,2-7,9,11H2,1H3. The molecule has 16 heavy (non-hydrogen) atoms. The minimum Gasteiger partial charge on any atom is -0.0891 e. The van der Waals surface area contributed by atoms with Crippen molar-refractivity contribution in [1.82, 2.24) is 0 Å². The van der Waals surface area contributed by atoms with E-state index in [0.717, 1.165) is 23.3 Å². The Morgan fingerprint density at radius 1 is 1.12 bits per heavy atom. The van der Waals surface area contributed by atoms with Gasteiger partial charge in [-0.25, -0.2) is 0 Å². The molecule has 0 aromatic carbocycles. The van der Waals surface area contributed by atoms with Gasteiger partial charge in [-0.1, -0.05) is 43.0 Å². The SMILES string of the molecule is CCCC1CCC(C2=CC=C(Cl)CC2)CC1. The molecule has 0 aromatic heterocycles. The summed E-state index contributed by atoms with van der Waals surface area (Å²) in [7, 11) is 0. The largest absolute Gasteiger partial charge is 0.0891 e. The highest BCUT2D eigenvalue weighted by molar-refractivity contribution is 6.29. The number of hydrogen-bond donors (Lipinski definition) is 0. The maximum absolute atomic E-state index is 6.00. The lowest BCUT2D eigenvalue weighted by atomic mass is 9.75. The molecular formula is C15H23Cl. The van der Waals surface area contributed by atoms with Crippen molar-refractivity contribution in [2.24, 2.45) is 11.8 Å². The average molecular weight is 239 g/mol. The molecule has 1 saturated carbocycles. The van der Waals surface area contributed by atoms with Crippen LogP contribution >= 0.6 is 11.6 Å². The molecule has 2 aliphatic carbocycles. The molecule has 0 unspecified atom stereocenters. The first-order valence-corrected chi connectivity index (χ1v) is 7.22. The van der Waals surface area contributed by atoms with Gasteiger partial charge in [0.15, 0.2) is 0 Å². The molecule has 0 heterocycles. The molecule has 0 N–H and O–H groups in total. The van der Waals surface area contributed by atoms with Crippen molar-refractivity contribution in [3.05, 3.63) is 22.8 Å². The third-order valence-electron chi connectivity index (χ3n) is 4.20. The topological polar surface area (TPSA) is 0 Å². The van der Waals surface area contributed by atoms with Crippen LogP contribution in [0.3, 0.4) is 0 Å². The van der Waals surface area contributed by atoms with Crippen LogP contribution in [0.5, 0.6) is 0 Å². The van der Waals surface area contributed by atoms with E-state index in [1.54, 1.807) is 5.57 Å². The normalized spacial score (nSPS) is 30.9. The van der Waals surface area contributed by atoms with Crippen molar-refractivity contribution in [2.45, 2.75) is 58.3 Å². The van der Waals surface area contributed by atoms with Gasteiger partial charge in [0.05, 0.1) is 0 Å². The van der Waals surface area contributed by atoms with Crippen LogP contribution in [0, 0.1) is 11.8 Å². The molecule has 0 radical (unpaired) electrons. The van der Waals surface area contributed by atoms with Gasteiger partial charge in [-0.15, -0.1) is 0 Å². The number of hydrogen-bond acceptors (Lipinski definition) is 0. The lowest BCUT2D eigenvalue weighted by molar-refractivity contribution is 0.283. The average Bonchev–Trinajstić information content (AvgIpc) is 2.32. The molecule has 0 saturated heterocycles. The molecule has 0 aromatic rings. The predicted octanol–water partition coefficient (Wildman–Crippen LogP) is 5.44. The Kier molecular flexibility index (Phi) is 4.52. The third-order valence-corrected chi connectivity index (χ3v) is 4.51. The molecule has 0 nitrogen and oxygen atoms in total. The zero-order chi connectivity index (χ0) is 11.4. The lowest BCUT2D eigenvalue weighted by Crippen LogP contribution is -2.16. The minimum atomic E-state index is 0.870. The quantitative estimate of drug-likeness (QED) is 0.615. The van der Waals surface area contributed by atoms with Crippen LogP contribution < -0.4 is 0 Å². The van der Waals surface area contributed by atoms with Crippen LogP contribution in [-0.2, 0) is 0 Å². The Labute approximate surface area is 105 Å². The Balaban J connectivity index is 1.85. The maximum atomic E-state index is 6.00. The van der Waals surface area contributed by atoms with Gasteiger partial charge in [0, 0.05) is 5.03 Å². The van der Waals surface area contributed by atoms with Crippen LogP contribution in [0.15, 0.2) is 22.8 Å². The van der Waals surface area contributed by atoms with E-state index in [2.05, 4.69) is 19.1 Å². The molecule has 0 aliphatic heterocycles. The summed E-state index contributed by atoms with van der Waals surface area (Å²) in [5.74, 6) is 1.89. The van der Waals surface area contributed by atoms with E-state index in [0.29, 0.717) is 0 Å². The maximum Gasteiger partial charge on any atom is 0.0184 e. The van der Waals surface area contributed by atoms with Crippen LogP contribution in [0.4, 0.5) is 0 Å². The Hall–Kier alpha value is -0.230. The summed E-state index contributed by atoms with van der Waals surface area (Å²) in [6.07, 6.45) is 15.2. The van der Waals surface area contributed by atoms with Crippen molar-refractivity contribution in [3.8, 4) is 0 Å². The highest BCUT2D eigenvalue weighted by Crippen LogP contribution is 2.38. The molecule has 0 atom stereocenters. The van der Waals surface area contributed by atoms with Crippen LogP contribution in [0.1, 0.15) is 58.3 Å². The van der Waals surface area contributed by atoms with Crippen molar-refractivity contribution in [1.29, 1.82) is 0 Å². The number of rotatable bonds is 3. The van der Waals surface area contributed by atoms with Crippen molar-refractivity contribution >= 4 is 11.6 Å². The first-order valence-electron chi connectivity index (χ1n) is 6.84. The smallest absolute Gasteiger partial charge is 0.0184 e. The Bertz CT molecular complexity index is 280. The molecule has 0 spiro atoms. The monoisotopic (exact) mass is 238 g/mol. The van der Waals surface area contributed by atoms with Gasteiger partial charge in [-0.2, -0.15) is 0 Å². The van der Waals surface area contributed by atoms with Gasteiger partial charge in [0.25, 0.3) is 0 Å². The second-order valence-corrected chi connectivity index (χ2v) is 5.85. The van der Waals surface area contributed by atoms with E-state index < -0.39 is 0 Å².